The van der Waals surface area contributed by atoms with Gasteiger partial charge in [0.2, 0.25) is 0 Å². The topological polar surface area (TPSA) is 37.4 Å². The second-order valence-corrected chi connectivity index (χ2v) is 8.09. The van der Waals surface area contributed by atoms with Crippen LogP contribution in [0.1, 0.15) is 0 Å². The molecule has 0 aliphatic heterocycles. The Balaban J connectivity index is 2.12. The van der Waals surface area contributed by atoms with Crippen molar-refractivity contribution in [3.8, 4) is 0 Å². The van der Waals surface area contributed by atoms with E-state index in [1.165, 1.54) is 4.31 Å². The molecule has 5 heteroatoms. The van der Waals surface area contributed by atoms with Gasteiger partial charge in [-0.3, -0.25) is 4.31 Å². The van der Waals surface area contributed by atoms with Crippen molar-refractivity contribution in [2.45, 2.75) is 4.90 Å². The molecule has 0 aromatic heterocycles. The highest BCUT2D eigenvalue weighted by atomic mass is 79.9. The molecule has 0 heterocycles. The number of rotatable bonds is 5. The summed E-state index contributed by atoms with van der Waals surface area (Å²) in [6.45, 7) is 3.89. The zero-order valence-electron chi connectivity index (χ0n) is 12.9. The van der Waals surface area contributed by atoms with E-state index in [2.05, 4.69) is 22.5 Å². The fraction of sp³-hybridized carbons (Fsp3) is 0.0526. The molecule has 3 aromatic carbocycles. The first-order valence-corrected chi connectivity index (χ1v) is 9.64. The molecule has 0 spiro atoms. The van der Waals surface area contributed by atoms with Gasteiger partial charge in [0.25, 0.3) is 10.0 Å². The molecular formula is C19H16BrNO2S. The fourth-order valence-corrected chi connectivity index (χ4v) is 4.40. The quantitative estimate of drug-likeness (QED) is 0.565. The van der Waals surface area contributed by atoms with Crippen LogP contribution in [0.2, 0.25) is 0 Å². The number of halogens is 1. The van der Waals surface area contributed by atoms with Crippen LogP contribution in [0.25, 0.3) is 10.8 Å². The summed E-state index contributed by atoms with van der Waals surface area (Å²) in [6, 6.07) is 20.1. The average Bonchev–Trinajstić information content (AvgIpc) is 2.59. The van der Waals surface area contributed by atoms with E-state index in [-0.39, 0.29) is 11.4 Å². The predicted molar refractivity (Wildman–Crippen MR) is 103 cm³/mol. The molecule has 122 valence electrons. The molecule has 0 aliphatic rings. The van der Waals surface area contributed by atoms with E-state index in [0.717, 1.165) is 15.2 Å². The molecule has 3 nitrogen and oxygen atoms in total. The first-order chi connectivity index (χ1) is 11.5. The summed E-state index contributed by atoms with van der Waals surface area (Å²) < 4.78 is 28.5. The summed E-state index contributed by atoms with van der Waals surface area (Å²) >= 11 is 3.39. The lowest BCUT2D eigenvalue weighted by atomic mass is 10.1. The normalized spacial score (nSPS) is 11.4. The lowest BCUT2D eigenvalue weighted by molar-refractivity contribution is 0.593. The Morgan fingerprint density at radius 3 is 2.42 bits per heavy atom. The van der Waals surface area contributed by atoms with Gasteiger partial charge in [0.1, 0.15) is 0 Å². The van der Waals surface area contributed by atoms with E-state index >= 15 is 0 Å². The minimum Gasteiger partial charge on any atom is -0.262 e. The van der Waals surface area contributed by atoms with Gasteiger partial charge in [-0.1, -0.05) is 58.4 Å². The summed E-state index contributed by atoms with van der Waals surface area (Å²) in [4.78, 5) is 0.267. The van der Waals surface area contributed by atoms with E-state index in [1.807, 2.05) is 42.5 Å². The van der Waals surface area contributed by atoms with E-state index in [1.54, 1.807) is 30.3 Å². The Morgan fingerprint density at radius 1 is 0.958 bits per heavy atom. The molecule has 0 aliphatic carbocycles. The Labute approximate surface area is 150 Å². The lowest BCUT2D eigenvalue weighted by Crippen LogP contribution is -2.31. The number of fused-ring (bicyclic) bond motifs is 1. The Morgan fingerprint density at radius 2 is 1.71 bits per heavy atom. The van der Waals surface area contributed by atoms with Crippen molar-refractivity contribution in [3.05, 3.63) is 83.9 Å². The highest BCUT2D eigenvalue weighted by Crippen LogP contribution is 2.28. The van der Waals surface area contributed by atoms with Crippen molar-refractivity contribution in [2.24, 2.45) is 0 Å². The van der Waals surface area contributed by atoms with Gasteiger partial charge in [-0.05, 0) is 41.1 Å². The number of sulfonamides is 1. The van der Waals surface area contributed by atoms with Crippen LogP contribution in [0.4, 0.5) is 5.69 Å². The maximum absolute atomic E-state index is 13.1. The van der Waals surface area contributed by atoms with Crippen LogP contribution in [0, 0.1) is 0 Å². The SMILES string of the molecule is C=CCN(c1cccc(Br)c1)S(=O)(=O)c1ccc2ccccc2c1. The van der Waals surface area contributed by atoms with Crippen LogP contribution >= 0.6 is 15.9 Å². The molecule has 0 atom stereocenters. The largest absolute Gasteiger partial charge is 0.264 e. The molecule has 24 heavy (non-hydrogen) atoms. The first-order valence-electron chi connectivity index (χ1n) is 7.40. The van der Waals surface area contributed by atoms with Gasteiger partial charge in [-0.25, -0.2) is 8.42 Å². The maximum atomic E-state index is 13.1. The highest BCUT2D eigenvalue weighted by molar-refractivity contribution is 9.10. The van der Waals surface area contributed by atoms with Crippen molar-refractivity contribution in [2.75, 3.05) is 10.8 Å². The molecular weight excluding hydrogens is 386 g/mol. The van der Waals surface area contributed by atoms with E-state index < -0.39 is 10.0 Å². The van der Waals surface area contributed by atoms with E-state index in [9.17, 15) is 8.42 Å². The van der Waals surface area contributed by atoms with Crippen LogP contribution < -0.4 is 4.31 Å². The molecule has 3 rings (SSSR count). The number of hydrogen-bond acceptors (Lipinski definition) is 2. The summed E-state index contributed by atoms with van der Waals surface area (Å²) in [5, 5.41) is 1.90. The second-order valence-electron chi connectivity index (χ2n) is 5.31. The minimum absolute atomic E-state index is 0.200. The third kappa shape index (κ3) is 3.23. The molecule has 0 unspecified atom stereocenters. The number of benzene rings is 3. The monoisotopic (exact) mass is 401 g/mol. The molecule has 0 saturated heterocycles. The van der Waals surface area contributed by atoms with E-state index in [4.69, 9.17) is 0 Å². The molecule has 0 radical (unpaired) electrons. The fourth-order valence-electron chi connectivity index (χ4n) is 2.55. The number of nitrogens with zero attached hydrogens (tertiary/aromatic N) is 1. The molecule has 0 fully saturated rings. The molecule has 3 aromatic rings. The first kappa shape index (κ1) is 16.7. The van der Waals surface area contributed by atoms with Crippen LogP contribution in [-0.2, 0) is 10.0 Å². The Hall–Kier alpha value is -2.11. The average molecular weight is 402 g/mol. The molecule has 0 amide bonds. The maximum Gasteiger partial charge on any atom is 0.264 e. The zero-order chi connectivity index (χ0) is 17.2. The van der Waals surface area contributed by atoms with Crippen molar-refractivity contribution >= 4 is 42.4 Å². The number of anilines is 1. The van der Waals surface area contributed by atoms with Gasteiger partial charge >= 0.3 is 0 Å². The number of hydrogen-bond donors (Lipinski definition) is 0. The van der Waals surface area contributed by atoms with Gasteiger partial charge in [0, 0.05) is 4.47 Å². The molecule has 0 saturated carbocycles. The Kier molecular flexibility index (Phi) is 4.73. The summed E-state index contributed by atoms with van der Waals surface area (Å²) in [7, 11) is -3.68. The predicted octanol–water partition coefficient (Wildman–Crippen LogP) is 4.98. The summed E-state index contributed by atoms with van der Waals surface area (Å²) in [5.41, 5.74) is 0.595. The van der Waals surface area contributed by atoms with Crippen LogP contribution in [0.3, 0.4) is 0 Å². The minimum atomic E-state index is -3.68. The summed E-state index contributed by atoms with van der Waals surface area (Å²) in [5.74, 6) is 0. The standard InChI is InChI=1S/C19H16BrNO2S/c1-2-12-21(18-9-5-8-17(20)14-18)24(22,23)19-11-10-15-6-3-4-7-16(15)13-19/h2-11,13-14H,1,12H2. The lowest BCUT2D eigenvalue weighted by Gasteiger charge is -2.23. The Bertz CT molecular complexity index is 999. The van der Waals surface area contributed by atoms with E-state index in [0.29, 0.717) is 5.69 Å². The van der Waals surface area contributed by atoms with Crippen LogP contribution in [-0.4, -0.2) is 15.0 Å². The van der Waals surface area contributed by atoms with Crippen molar-refractivity contribution in [1.29, 1.82) is 0 Å². The molecule has 0 N–H and O–H groups in total. The zero-order valence-corrected chi connectivity index (χ0v) is 15.3. The highest BCUT2D eigenvalue weighted by Gasteiger charge is 2.24. The smallest absolute Gasteiger partial charge is 0.262 e. The van der Waals surface area contributed by atoms with Crippen molar-refractivity contribution in [1.82, 2.24) is 0 Å². The van der Waals surface area contributed by atoms with Gasteiger partial charge in [0.05, 0.1) is 17.1 Å². The van der Waals surface area contributed by atoms with Gasteiger partial charge < -0.3 is 0 Å². The third-order valence-electron chi connectivity index (χ3n) is 3.70. The van der Waals surface area contributed by atoms with Crippen molar-refractivity contribution < 1.29 is 8.42 Å². The van der Waals surface area contributed by atoms with Crippen LogP contribution in [0.15, 0.2) is 88.8 Å². The van der Waals surface area contributed by atoms with Gasteiger partial charge in [-0.2, -0.15) is 0 Å². The third-order valence-corrected chi connectivity index (χ3v) is 5.98. The van der Waals surface area contributed by atoms with Gasteiger partial charge in [0.15, 0.2) is 0 Å². The van der Waals surface area contributed by atoms with Crippen LogP contribution in [0.5, 0.6) is 0 Å². The second kappa shape index (κ2) is 6.79. The summed E-state index contributed by atoms with van der Waals surface area (Å²) in [6.07, 6.45) is 1.58. The molecule has 0 bridgehead atoms. The van der Waals surface area contributed by atoms with Gasteiger partial charge in [-0.15, -0.1) is 6.58 Å². The van der Waals surface area contributed by atoms with Crippen molar-refractivity contribution in [3.63, 3.8) is 0 Å².